The number of nitrogens with zero attached hydrogens (tertiary/aromatic N) is 1. The summed E-state index contributed by atoms with van der Waals surface area (Å²) in [4.78, 5) is 4.59. The summed E-state index contributed by atoms with van der Waals surface area (Å²) in [6.07, 6.45) is 3.07. The van der Waals surface area contributed by atoms with Crippen LogP contribution >= 0.6 is 0 Å². The molecule has 0 spiro atoms. The van der Waals surface area contributed by atoms with Crippen LogP contribution < -0.4 is 0 Å². The molecule has 2 unspecified atom stereocenters. The molecule has 1 aromatic rings. The van der Waals surface area contributed by atoms with Gasteiger partial charge in [-0.05, 0) is 40.7 Å². The minimum atomic E-state index is 0.312. The second-order valence-corrected chi connectivity index (χ2v) is 7.56. The lowest BCUT2D eigenvalue weighted by molar-refractivity contribution is 0.142. The molecule has 0 N–H and O–H groups in total. The molecule has 1 aliphatic rings. The highest BCUT2D eigenvalue weighted by molar-refractivity contribution is 5.33. The average molecular weight is 231 g/mol. The molecule has 0 aliphatic heterocycles. The molecule has 0 bridgehead atoms. The van der Waals surface area contributed by atoms with Crippen molar-refractivity contribution in [1.29, 1.82) is 0 Å². The smallest absolute Gasteiger partial charge is 0.0441 e. The molecule has 1 aliphatic carbocycles. The quantitative estimate of drug-likeness (QED) is 0.643. The van der Waals surface area contributed by atoms with Crippen LogP contribution in [0.15, 0.2) is 18.3 Å². The Labute approximate surface area is 106 Å². The Balaban J connectivity index is 2.48. The monoisotopic (exact) mass is 231 g/mol. The van der Waals surface area contributed by atoms with E-state index >= 15 is 0 Å². The predicted molar refractivity (Wildman–Crippen MR) is 73.1 cm³/mol. The van der Waals surface area contributed by atoms with Gasteiger partial charge in [0.2, 0.25) is 0 Å². The molecule has 1 heteroatoms. The summed E-state index contributed by atoms with van der Waals surface area (Å²) in [5, 5.41) is 0. The number of pyridine rings is 1. The average Bonchev–Trinajstić information content (AvgIpc) is 2.54. The molecular formula is C16H25N. The zero-order chi connectivity index (χ0) is 12.8. The van der Waals surface area contributed by atoms with Gasteiger partial charge in [0.05, 0.1) is 0 Å². The Morgan fingerprint density at radius 1 is 1.06 bits per heavy atom. The summed E-state index contributed by atoms with van der Waals surface area (Å²) in [7, 11) is 0. The highest BCUT2D eigenvalue weighted by Gasteiger charge is 2.45. The Kier molecular flexibility index (Phi) is 2.84. The summed E-state index contributed by atoms with van der Waals surface area (Å²) in [6.45, 7) is 14.2. The number of aromatic nitrogens is 1. The van der Waals surface area contributed by atoms with Crippen molar-refractivity contribution in [3.8, 4) is 0 Å². The van der Waals surface area contributed by atoms with Crippen LogP contribution in [0.5, 0.6) is 0 Å². The number of hydrogen-bond acceptors (Lipinski definition) is 1. The highest BCUT2D eigenvalue weighted by Crippen LogP contribution is 2.53. The van der Waals surface area contributed by atoms with Crippen molar-refractivity contribution in [2.24, 2.45) is 16.7 Å². The maximum absolute atomic E-state index is 4.59. The Morgan fingerprint density at radius 3 is 2.24 bits per heavy atom. The third kappa shape index (κ3) is 2.25. The van der Waals surface area contributed by atoms with Gasteiger partial charge >= 0.3 is 0 Å². The zero-order valence-corrected chi connectivity index (χ0v) is 12.0. The van der Waals surface area contributed by atoms with Crippen LogP contribution in [-0.4, -0.2) is 4.98 Å². The summed E-state index contributed by atoms with van der Waals surface area (Å²) >= 11 is 0. The fourth-order valence-corrected chi connectivity index (χ4v) is 3.32. The summed E-state index contributed by atoms with van der Waals surface area (Å²) in [6, 6.07) is 4.37. The molecule has 0 saturated carbocycles. The van der Waals surface area contributed by atoms with Gasteiger partial charge in [-0.1, -0.05) is 47.6 Å². The van der Waals surface area contributed by atoms with Crippen molar-refractivity contribution in [2.45, 2.75) is 53.9 Å². The third-order valence-corrected chi connectivity index (χ3v) is 4.12. The maximum Gasteiger partial charge on any atom is 0.0441 e. The van der Waals surface area contributed by atoms with E-state index in [1.807, 2.05) is 6.20 Å². The van der Waals surface area contributed by atoms with Gasteiger partial charge in [-0.15, -0.1) is 0 Å². The van der Waals surface area contributed by atoms with Crippen LogP contribution in [0.25, 0.3) is 0 Å². The highest BCUT2D eigenvalue weighted by atomic mass is 14.7. The van der Waals surface area contributed by atoms with E-state index < -0.39 is 0 Å². The summed E-state index contributed by atoms with van der Waals surface area (Å²) in [5.74, 6) is 1.33. The van der Waals surface area contributed by atoms with Gasteiger partial charge in [0, 0.05) is 11.9 Å². The number of rotatable bonds is 0. The first-order valence-electron chi connectivity index (χ1n) is 6.65. The molecular weight excluding hydrogens is 206 g/mol. The van der Waals surface area contributed by atoms with E-state index in [9.17, 15) is 0 Å². The molecule has 1 heterocycles. The van der Waals surface area contributed by atoms with E-state index in [1.54, 1.807) is 0 Å². The van der Waals surface area contributed by atoms with Gasteiger partial charge < -0.3 is 0 Å². The molecule has 0 saturated heterocycles. The van der Waals surface area contributed by atoms with Crippen molar-refractivity contribution in [3.05, 3.63) is 29.6 Å². The van der Waals surface area contributed by atoms with Crippen molar-refractivity contribution in [2.75, 3.05) is 0 Å². The second kappa shape index (κ2) is 3.83. The van der Waals surface area contributed by atoms with E-state index in [2.05, 4.69) is 58.7 Å². The Morgan fingerprint density at radius 2 is 1.71 bits per heavy atom. The van der Waals surface area contributed by atoms with Crippen molar-refractivity contribution < 1.29 is 0 Å². The van der Waals surface area contributed by atoms with E-state index in [-0.39, 0.29) is 0 Å². The molecule has 0 amide bonds. The van der Waals surface area contributed by atoms with Crippen LogP contribution in [-0.2, 0) is 6.42 Å². The molecule has 17 heavy (non-hydrogen) atoms. The predicted octanol–water partition coefficient (Wildman–Crippen LogP) is 4.43. The largest absolute Gasteiger partial charge is 0.261 e. The molecule has 94 valence electrons. The second-order valence-electron chi connectivity index (χ2n) is 7.56. The van der Waals surface area contributed by atoms with Gasteiger partial charge in [0.15, 0.2) is 0 Å². The molecule has 0 radical (unpaired) electrons. The minimum absolute atomic E-state index is 0.312. The topological polar surface area (TPSA) is 12.9 Å². The standard InChI is InChI=1S/C16H25N/c1-15(2,3)12-10-13-11(8-7-9-17-13)14(12)16(4,5)6/h7-9,12,14H,10H2,1-6H3. The third-order valence-electron chi connectivity index (χ3n) is 4.12. The zero-order valence-electron chi connectivity index (χ0n) is 12.0. The normalized spacial score (nSPS) is 24.8. The summed E-state index contributed by atoms with van der Waals surface area (Å²) < 4.78 is 0. The fourth-order valence-electron chi connectivity index (χ4n) is 3.32. The van der Waals surface area contributed by atoms with Crippen LogP contribution in [0.3, 0.4) is 0 Å². The molecule has 1 aromatic heterocycles. The first-order chi connectivity index (χ1) is 7.71. The van der Waals surface area contributed by atoms with Crippen LogP contribution in [0.4, 0.5) is 0 Å². The molecule has 2 atom stereocenters. The van der Waals surface area contributed by atoms with Crippen LogP contribution in [0.2, 0.25) is 0 Å². The van der Waals surface area contributed by atoms with Crippen molar-refractivity contribution in [3.63, 3.8) is 0 Å². The lowest BCUT2D eigenvalue weighted by atomic mass is 9.65. The van der Waals surface area contributed by atoms with E-state index in [0.29, 0.717) is 22.7 Å². The Bertz CT molecular complexity index is 406. The van der Waals surface area contributed by atoms with Gasteiger partial charge in [-0.2, -0.15) is 0 Å². The lowest BCUT2D eigenvalue weighted by Gasteiger charge is -2.39. The van der Waals surface area contributed by atoms with Crippen LogP contribution in [0.1, 0.15) is 58.7 Å². The van der Waals surface area contributed by atoms with E-state index in [1.165, 1.54) is 11.3 Å². The first-order valence-corrected chi connectivity index (χ1v) is 6.65. The molecule has 0 aromatic carbocycles. The first kappa shape index (κ1) is 12.6. The number of hydrogen-bond donors (Lipinski definition) is 0. The number of fused-ring (bicyclic) bond motifs is 1. The van der Waals surface area contributed by atoms with E-state index in [0.717, 1.165) is 6.42 Å². The van der Waals surface area contributed by atoms with Gasteiger partial charge in [0.25, 0.3) is 0 Å². The van der Waals surface area contributed by atoms with Crippen molar-refractivity contribution >= 4 is 0 Å². The molecule has 1 nitrogen and oxygen atoms in total. The summed E-state index contributed by atoms with van der Waals surface area (Å²) in [5.41, 5.74) is 3.47. The Hall–Kier alpha value is -0.850. The van der Waals surface area contributed by atoms with Crippen molar-refractivity contribution in [1.82, 2.24) is 4.98 Å². The fraction of sp³-hybridized carbons (Fsp3) is 0.688. The lowest BCUT2D eigenvalue weighted by Crippen LogP contribution is -2.31. The molecule has 2 rings (SSSR count). The van der Waals surface area contributed by atoms with Crippen LogP contribution in [0, 0.1) is 16.7 Å². The van der Waals surface area contributed by atoms with Gasteiger partial charge in [-0.25, -0.2) is 0 Å². The van der Waals surface area contributed by atoms with Gasteiger partial charge in [0.1, 0.15) is 0 Å². The van der Waals surface area contributed by atoms with Gasteiger partial charge in [-0.3, -0.25) is 4.98 Å². The van der Waals surface area contributed by atoms with E-state index in [4.69, 9.17) is 0 Å². The SMILES string of the molecule is CC(C)(C)C1Cc2ncccc2C1C(C)(C)C. The minimum Gasteiger partial charge on any atom is -0.261 e. The maximum atomic E-state index is 4.59. The molecule has 0 fully saturated rings.